The Morgan fingerprint density at radius 2 is 1.88 bits per heavy atom. The second-order valence-electron chi connectivity index (χ2n) is 11.2. The number of halogens is 1. The number of hydrogen-bond donors (Lipinski definition) is 1. The van der Waals surface area contributed by atoms with Crippen molar-refractivity contribution in [3.63, 3.8) is 0 Å². The van der Waals surface area contributed by atoms with Crippen molar-refractivity contribution in [2.45, 2.75) is 68.5 Å². The Balaban J connectivity index is 1.83. The lowest BCUT2D eigenvalue weighted by Crippen LogP contribution is -2.58. The molecule has 3 amide bonds. The summed E-state index contributed by atoms with van der Waals surface area (Å²) in [5, 5.41) is 11.1. The smallest absolute Gasteiger partial charge is 0.251 e. The van der Waals surface area contributed by atoms with E-state index in [1.54, 1.807) is 62.9 Å². The van der Waals surface area contributed by atoms with Crippen molar-refractivity contribution in [1.82, 2.24) is 9.80 Å². The van der Waals surface area contributed by atoms with Gasteiger partial charge in [0.1, 0.15) is 6.04 Å². The number of thioether (sulfide) groups is 1. The van der Waals surface area contributed by atoms with E-state index in [0.29, 0.717) is 30.2 Å². The Bertz CT molecular complexity index is 1130. The number of hydrogen-bond acceptors (Lipinski definition) is 5. The molecule has 0 radical (unpaired) electrons. The standard InChI is InChI=1S/C31H42ClN3O4S/c1-6-16-33(17-7-2)28(37)25-24-14-15-31(40-24)26(25)29(38)35(23(19-36)20(5)9-4)27(31)30(39)34(18-8-3)22-12-10-21(32)11-13-22/h6,8,10-13,20,23-27,36H,1,3,7,9,14-19H2,2,4-5H3/t20-,23-,24-,25+,26-,27?,31?/m0/s1. The van der Waals surface area contributed by atoms with E-state index in [0.717, 1.165) is 19.3 Å². The summed E-state index contributed by atoms with van der Waals surface area (Å²) in [6.07, 6.45) is 6.38. The maximum atomic E-state index is 14.7. The summed E-state index contributed by atoms with van der Waals surface area (Å²) in [5.41, 5.74) is 0.663. The van der Waals surface area contributed by atoms with E-state index in [9.17, 15) is 19.5 Å². The molecular weight excluding hydrogens is 546 g/mol. The Morgan fingerprint density at radius 3 is 2.45 bits per heavy atom. The van der Waals surface area contributed by atoms with Gasteiger partial charge in [-0.3, -0.25) is 14.4 Å². The molecule has 4 rings (SSSR count). The minimum absolute atomic E-state index is 0.0253. The molecule has 1 aromatic rings. The van der Waals surface area contributed by atoms with E-state index in [-0.39, 0.29) is 42.0 Å². The minimum Gasteiger partial charge on any atom is -0.394 e. The van der Waals surface area contributed by atoms with Crippen LogP contribution in [0.4, 0.5) is 5.69 Å². The summed E-state index contributed by atoms with van der Waals surface area (Å²) >= 11 is 7.79. The number of aliphatic hydroxyl groups is 1. The molecule has 40 heavy (non-hydrogen) atoms. The van der Waals surface area contributed by atoms with Gasteiger partial charge in [0.05, 0.1) is 29.2 Å². The molecule has 2 bridgehead atoms. The van der Waals surface area contributed by atoms with Crippen LogP contribution >= 0.6 is 23.4 Å². The highest BCUT2D eigenvalue weighted by molar-refractivity contribution is 8.02. The fourth-order valence-electron chi connectivity index (χ4n) is 6.97. The number of carbonyl (C=O) groups is 3. The lowest BCUT2D eigenvalue weighted by molar-refractivity contribution is -0.146. The highest BCUT2D eigenvalue weighted by Gasteiger charge is 2.74. The second kappa shape index (κ2) is 12.7. The number of rotatable bonds is 13. The van der Waals surface area contributed by atoms with Crippen molar-refractivity contribution >= 4 is 46.8 Å². The van der Waals surface area contributed by atoms with Gasteiger partial charge in [0.25, 0.3) is 5.91 Å². The molecule has 1 spiro atoms. The summed E-state index contributed by atoms with van der Waals surface area (Å²) in [5.74, 6) is -1.57. The first-order valence-corrected chi connectivity index (χ1v) is 15.6. The highest BCUT2D eigenvalue weighted by Crippen LogP contribution is 2.67. The maximum absolute atomic E-state index is 14.7. The van der Waals surface area contributed by atoms with Gasteiger partial charge < -0.3 is 19.8 Å². The van der Waals surface area contributed by atoms with E-state index in [1.807, 2.05) is 20.8 Å². The van der Waals surface area contributed by atoms with Gasteiger partial charge in [0, 0.05) is 35.6 Å². The van der Waals surface area contributed by atoms with Crippen LogP contribution in [0.1, 0.15) is 46.5 Å². The summed E-state index contributed by atoms with van der Waals surface area (Å²) in [7, 11) is 0. The molecule has 3 aliphatic rings. The molecule has 3 heterocycles. The zero-order valence-corrected chi connectivity index (χ0v) is 25.4. The fourth-order valence-corrected chi connectivity index (χ4v) is 9.29. The number of carbonyl (C=O) groups excluding carboxylic acids is 3. The topological polar surface area (TPSA) is 81.2 Å². The minimum atomic E-state index is -0.807. The maximum Gasteiger partial charge on any atom is 0.251 e. The third-order valence-electron chi connectivity index (χ3n) is 8.97. The number of likely N-dealkylation sites (tertiary alicyclic amines) is 1. The number of anilines is 1. The van der Waals surface area contributed by atoms with Crippen molar-refractivity contribution in [2.75, 3.05) is 31.1 Å². The van der Waals surface area contributed by atoms with E-state index in [4.69, 9.17) is 11.6 Å². The monoisotopic (exact) mass is 587 g/mol. The Kier molecular flexibility index (Phi) is 9.74. The van der Waals surface area contributed by atoms with E-state index < -0.39 is 28.7 Å². The first kappa shape index (κ1) is 30.7. The van der Waals surface area contributed by atoms with E-state index in [1.165, 1.54) is 0 Å². The van der Waals surface area contributed by atoms with E-state index in [2.05, 4.69) is 13.2 Å². The van der Waals surface area contributed by atoms with Crippen molar-refractivity contribution in [3.05, 3.63) is 54.6 Å². The molecule has 3 aliphatic heterocycles. The molecule has 3 fully saturated rings. The molecule has 0 aromatic heterocycles. The summed E-state index contributed by atoms with van der Waals surface area (Å²) in [6, 6.07) is 5.72. The van der Waals surface area contributed by atoms with Crippen LogP contribution in [0.25, 0.3) is 0 Å². The first-order valence-electron chi connectivity index (χ1n) is 14.4. The van der Waals surface area contributed by atoms with Gasteiger partial charge >= 0.3 is 0 Å². The van der Waals surface area contributed by atoms with Gasteiger partial charge in [0.2, 0.25) is 11.8 Å². The average molecular weight is 588 g/mol. The predicted octanol–water partition coefficient (Wildman–Crippen LogP) is 4.78. The molecule has 3 saturated heterocycles. The number of amides is 3. The molecular formula is C31H42ClN3O4S. The van der Waals surface area contributed by atoms with Gasteiger partial charge in [-0.2, -0.15) is 0 Å². The van der Waals surface area contributed by atoms with Gasteiger partial charge in [0.15, 0.2) is 0 Å². The molecule has 0 saturated carbocycles. The number of fused-ring (bicyclic) bond motifs is 1. The zero-order chi connectivity index (χ0) is 29.2. The number of aliphatic hydroxyl groups excluding tert-OH is 1. The Hall–Kier alpha value is -2.29. The highest BCUT2D eigenvalue weighted by atomic mass is 35.5. The first-order chi connectivity index (χ1) is 19.2. The van der Waals surface area contributed by atoms with Gasteiger partial charge in [-0.25, -0.2) is 0 Å². The van der Waals surface area contributed by atoms with Crippen molar-refractivity contribution in [2.24, 2.45) is 17.8 Å². The van der Waals surface area contributed by atoms with Crippen molar-refractivity contribution in [3.8, 4) is 0 Å². The van der Waals surface area contributed by atoms with Gasteiger partial charge in [-0.15, -0.1) is 24.9 Å². The SMILES string of the molecule is C=CCN(CCC)C(=O)[C@@H]1[C@@H]2CCC3(S2)C(C(=O)N(CC=C)c2ccc(Cl)cc2)N([C@@H](CO)[C@@H](C)CC)C(=O)[C@H]13. The van der Waals surface area contributed by atoms with Crippen LogP contribution in [0.3, 0.4) is 0 Å². The quantitative estimate of drug-likeness (QED) is 0.336. The van der Waals surface area contributed by atoms with Crippen molar-refractivity contribution in [1.29, 1.82) is 0 Å². The molecule has 0 aliphatic carbocycles. The molecule has 7 atom stereocenters. The Labute approximate surface area is 247 Å². The molecule has 9 heteroatoms. The Morgan fingerprint density at radius 1 is 1.20 bits per heavy atom. The molecule has 2 unspecified atom stereocenters. The van der Waals surface area contributed by atoms with Crippen LogP contribution in [0, 0.1) is 17.8 Å². The molecule has 7 nitrogen and oxygen atoms in total. The summed E-state index contributed by atoms with van der Waals surface area (Å²) < 4.78 is -0.738. The lowest BCUT2D eigenvalue weighted by Gasteiger charge is -2.41. The normalized spacial score (nSPS) is 28.2. The van der Waals surface area contributed by atoms with Crippen LogP contribution < -0.4 is 4.90 Å². The summed E-state index contributed by atoms with van der Waals surface area (Å²) in [6.45, 7) is 14.8. The second-order valence-corrected chi connectivity index (χ2v) is 13.3. The lowest BCUT2D eigenvalue weighted by atomic mass is 9.70. The van der Waals surface area contributed by atoms with Crippen LogP contribution in [-0.2, 0) is 14.4 Å². The fraction of sp³-hybridized carbons (Fsp3) is 0.581. The molecule has 218 valence electrons. The van der Waals surface area contributed by atoms with E-state index >= 15 is 0 Å². The van der Waals surface area contributed by atoms with Crippen LogP contribution in [0.15, 0.2) is 49.6 Å². The van der Waals surface area contributed by atoms with Crippen LogP contribution in [0.2, 0.25) is 5.02 Å². The zero-order valence-electron chi connectivity index (χ0n) is 23.8. The summed E-state index contributed by atoms with van der Waals surface area (Å²) in [4.78, 5) is 48.4. The average Bonchev–Trinajstić information content (AvgIpc) is 3.59. The predicted molar refractivity (Wildman–Crippen MR) is 162 cm³/mol. The number of benzene rings is 1. The molecule has 1 N–H and O–H groups in total. The third kappa shape index (κ3) is 5.12. The third-order valence-corrected chi connectivity index (χ3v) is 11.2. The van der Waals surface area contributed by atoms with Crippen LogP contribution in [0.5, 0.6) is 0 Å². The van der Waals surface area contributed by atoms with Crippen molar-refractivity contribution < 1.29 is 19.5 Å². The largest absolute Gasteiger partial charge is 0.394 e. The molecule has 1 aromatic carbocycles. The van der Waals surface area contributed by atoms with Gasteiger partial charge in [-0.1, -0.05) is 50.9 Å². The van der Waals surface area contributed by atoms with Crippen LogP contribution in [-0.4, -0.2) is 80.9 Å². The van der Waals surface area contributed by atoms with Gasteiger partial charge in [-0.05, 0) is 49.4 Å². The number of nitrogens with zero attached hydrogens (tertiary/aromatic N) is 3.